The fourth-order valence-corrected chi connectivity index (χ4v) is 5.37. The van der Waals surface area contributed by atoms with Gasteiger partial charge in [0.25, 0.3) is 0 Å². The summed E-state index contributed by atoms with van der Waals surface area (Å²) in [5.41, 5.74) is 6.13. The normalized spacial score (nSPS) is 12.8. The molecule has 5 aromatic rings. The van der Waals surface area contributed by atoms with Gasteiger partial charge in [0, 0.05) is 17.0 Å². The topological polar surface area (TPSA) is 61.1 Å². The van der Waals surface area contributed by atoms with Crippen LogP contribution < -0.4 is 13.8 Å². The summed E-state index contributed by atoms with van der Waals surface area (Å²) in [5, 5.41) is 0.744. The van der Waals surface area contributed by atoms with Crippen molar-refractivity contribution in [2.24, 2.45) is 0 Å². The van der Waals surface area contributed by atoms with Crippen LogP contribution in [0.25, 0.3) is 22.3 Å². The number of carbonyl (C=O) groups is 1. The fourth-order valence-electron chi connectivity index (χ4n) is 5.03. The van der Waals surface area contributed by atoms with Crippen molar-refractivity contribution in [3.63, 3.8) is 0 Å². The van der Waals surface area contributed by atoms with Crippen molar-refractivity contribution in [3.05, 3.63) is 113 Å². The molecule has 0 atom stereocenters. The van der Waals surface area contributed by atoms with E-state index in [2.05, 4.69) is 6.07 Å². The largest absolute Gasteiger partial charge is 0.497 e. The first-order valence-electron chi connectivity index (χ1n) is 13.6. The molecule has 7 heteroatoms. The Morgan fingerprint density at radius 2 is 1.61 bits per heavy atom. The first-order chi connectivity index (χ1) is 20.0. The fraction of sp³-hybridized carbons (Fsp3) is 0.206. The monoisotopic (exact) mass is 565 g/mol. The summed E-state index contributed by atoms with van der Waals surface area (Å²) in [6.45, 7) is 1.07. The Bertz CT molecular complexity index is 1660. The quantitative estimate of drug-likeness (QED) is 0.136. The Hall–Kier alpha value is -4.36. The van der Waals surface area contributed by atoms with Gasteiger partial charge in [-0.2, -0.15) is 0 Å². The minimum absolute atomic E-state index is 0.421. The Labute approximate surface area is 245 Å². The third kappa shape index (κ3) is 5.77. The van der Waals surface area contributed by atoms with Crippen molar-refractivity contribution in [2.75, 3.05) is 18.5 Å². The Balaban J connectivity index is 1.34. The summed E-state index contributed by atoms with van der Waals surface area (Å²) in [6, 6.07) is 29.6. The number of hydrogen-bond donors (Lipinski definition) is 1. The zero-order valence-corrected chi connectivity index (χ0v) is 23.9. The summed E-state index contributed by atoms with van der Waals surface area (Å²) in [4.78, 5) is 13.1. The summed E-state index contributed by atoms with van der Waals surface area (Å²) >= 11 is 4.87. The Kier molecular flexibility index (Phi) is 7.61. The first kappa shape index (κ1) is 26.8. The third-order valence-electron chi connectivity index (χ3n) is 7.38. The van der Waals surface area contributed by atoms with Crippen LogP contribution in [0.4, 0.5) is 5.69 Å². The second-order valence-corrected chi connectivity index (χ2v) is 10.7. The van der Waals surface area contributed by atoms with Crippen molar-refractivity contribution < 1.29 is 23.4 Å². The maximum atomic E-state index is 13.1. The zero-order chi connectivity index (χ0) is 28.3. The van der Waals surface area contributed by atoms with E-state index in [0.717, 1.165) is 57.7 Å². The van der Waals surface area contributed by atoms with Gasteiger partial charge in [-0.25, -0.2) is 4.79 Å². The summed E-state index contributed by atoms with van der Waals surface area (Å²) < 4.78 is 24.8. The molecule has 6 rings (SSSR count). The minimum Gasteiger partial charge on any atom is -0.497 e. The van der Waals surface area contributed by atoms with E-state index in [0.29, 0.717) is 36.0 Å². The van der Waals surface area contributed by atoms with E-state index in [1.807, 2.05) is 89.2 Å². The molecule has 0 aliphatic heterocycles. The number of nitrogens with zero attached hydrogens (tertiary/aromatic N) is 1. The number of carbonyl (C=O) groups excluding carboxylic acids is 1. The number of thiol groups is 1. The van der Waals surface area contributed by atoms with Gasteiger partial charge in [0.05, 0.1) is 26.5 Å². The maximum Gasteiger partial charge on any atom is 0.342 e. The predicted octanol–water partition coefficient (Wildman–Crippen LogP) is 8.20. The maximum absolute atomic E-state index is 13.1. The number of esters is 1. The van der Waals surface area contributed by atoms with Crippen LogP contribution in [0.5, 0.6) is 11.5 Å². The van der Waals surface area contributed by atoms with E-state index < -0.39 is 5.97 Å². The summed E-state index contributed by atoms with van der Waals surface area (Å²) in [6.07, 6.45) is 2.21. The molecule has 0 bridgehead atoms. The highest BCUT2D eigenvalue weighted by Gasteiger charge is 2.31. The molecule has 1 heterocycles. The SMILES string of the molecule is COC(=O)c1c(-c2ccc(OCc3ccccc3)cc2)oc2cc(N(S)Cc3ccc(OC)cc3)c(C3CC3)cc12. The van der Waals surface area contributed by atoms with Gasteiger partial charge in [-0.1, -0.05) is 55.3 Å². The van der Waals surface area contributed by atoms with Crippen LogP contribution in [-0.4, -0.2) is 20.2 Å². The number of furan rings is 1. The van der Waals surface area contributed by atoms with Gasteiger partial charge in [0.2, 0.25) is 0 Å². The van der Waals surface area contributed by atoms with Crippen molar-refractivity contribution in [1.82, 2.24) is 0 Å². The second-order valence-electron chi connectivity index (χ2n) is 10.2. The van der Waals surface area contributed by atoms with E-state index in [4.69, 9.17) is 31.4 Å². The molecule has 0 N–H and O–H groups in total. The van der Waals surface area contributed by atoms with E-state index in [1.165, 1.54) is 7.11 Å². The van der Waals surface area contributed by atoms with Crippen molar-refractivity contribution in [3.8, 4) is 22.8 Å². The smallest absolute Gasteiger partial charge is 0.342 e. The predicted molar refractivity (Wildman–Crippen MR) is 164 cm³/mol. The number of rotatable bonds is 10. The molecule has 1 saturated carbocycles. The number of methoxy groups -OCH3 is 2. The number of fused-ring (bicyclic) bond motifs is 1. The molecule has 0 saturated heterocycles. The van der Waals surface area contributed by atoms with E-state index in [-0.39, 0.29) is 0 Å². The third-order valence-corrected chi connectivity index (χ3v) is 7.74. The molecule has 0 radical (unpaired) electrons. The molecule has 4 aromatic carbocycles. The molecular formula is C34H31NO5S. The lowest BCUT2D eigenvalue weighted by molar-refractivity contribution is 0.0603. The number of hydrogen-bond acceptors (Lipinski definition) is 7. The average Bonchev–Trinajstić information content (AvgIpc) is 3.80. The molecular weight excluding hydrogens is 534 g/mol. The van der Waals surface area contributed by atoms with E-state index in [1.54, 1.807) is 7.11 Å². The van der Waals surface area contributed by atoms with Crippen LogP contribution >= 0.6 is 12.8 Å². The standard InChI is InChI=1S/C34H31NO5S/c1-37-26-14-8-22(9-15-26)20-35(41)30-19-31-29(18-28(30)24-10-11-24)32(34(36)38-2)33(40-31)25-12-16-27(17-13-25)39-21-23-6-4-3-5-7-23/h3-9,12-19,24,41H,10-11,20-21H2,1-2H3. The zero-order valence-electron chi connectivity index (χ0n) is 23.0. The molecule has 0 amide bonds. The van der Waals surface area contributed by atoms with Gasteiger partial charge >= 0.3 is 5.97 Å². The first-order valence-corrected chi connectivity index (χ1v) is 14.0. The molecule has 0 spiro atoms. The van der Waals surface area contributed by atoms with Gasteiger partial charge < -0.3 is 22.9 Å². The van der Waals surface area contributed by atoms with Crippen molar-refractivity contribution >= 4 is 35.4 Å². The van der Waals surface area contributed by atoms with Crippen LogP contribution in [0.3, 0.4) is 0 Å². The molecule has 0 unspecified atom stereocenters. The molecule has 1 fully saturated rings. The van der Waals surface area contributed by atoms with Crippen LogP contribution in [0.15, 0.2) is 95.4 Å². The molecule has 1 aromatic heterocycles. The van der Waals surface area contributed by atoms with Crippen LogP contribution in [0.2, 0.25) is 0 Å². The lowest BCUT2D eigenvalue weighted by Crippen LogP contribution is -2.12. The highest BCUT2D eigenvalue weighted by Crippen LogP contribution is 2.48. The van der Waals surface area contributed by atoms with E-state index in [9.17, 15) is 4.79 Å². The summed E-state index contributed by atoms with van der Waals surface area (Å²) in [7, 11) is 3.05. The Morgan fingerprint density at radius 3 is 2.27 bits per heavy atom. The van der Waals surface area contributed by atoms with Gasteiger partial charge in [-0.3, -0.25) is 0 Å². The lowest BCUT2D eigenvalue weighted by Gasteiger charge is -2.21. The van der Waals surface area contributed by atoms with Gasteiger partial charge in [-0.15, -0.1) is 0 Å². The Morgan fingerprint density at radius 1 is 0.902 bits per heavy atom. The molecule has 1 aliphatic rings. The number of benzene rings is 4. The highest BCUT2D eigenvalue weighted by molar-refractivity contribution is 7.81. The number of anilines is 1. The van der Waals surface area contributed by atoms with Gasteiger partial charge in [0.1, 0.15) is 35.0 Å². The van der Waals surface area contributed by atoms with Crippen LogP contribution in [-0.2, 0) is 17.9 Å². The van der Waals surface area contributed by atoms with Crippen LogP contribution in [0, 0.1) is 0 Å². The molecule has 208 valence electrons. The van der Waals surface area contributed by atoms with Gasteiger partial charge in [-0.05, 0) is 77.9 Å². The highest BCUT2D eigenvalue weighted by atomic mass is 32.1. The van der Waals surface area contributed by atoms with Crippen molar-refractivity contribution in [1.29, 1.82) is 0 Å². The average molecular weight is 566 g/mol. The van der Waals surface area contributed by atoms with Gasteiger partial charge in [0.15, 0.2) is 0 Å². The second kappa shape index (κ2) is 11.6. The lowest BCUT2D eigenvalue weighted by atomic mass is 10.0. The van der Waals surface area contributed by atoms with Crippen molar-refractivity contribution in [2.45, 2.75) is 31.9 Å². The molecule has 6 nitrogen and oxygen atoms in total. The minimum atomic E-state index is -0.432. The van der Waals surface area contributed by atoms with E-state index >= 15 is 0 Å². The number of ether oxygens (including phenoxy) is 3. The summed E-state index contributed by atoms with van der Waals surface area (Å²) in [5.74, 6) is 2.01. The molecule has 1 aliphatic carbocycles. The molecule has 41 heavy (non-hydrogen) atoms. The van der Waals surface area contributed by atoms with Crippen LogP contribution in [0.1, 0.15) is 45.8 Å².